The Bertz CT molecular complexity index is 525. The van der Waals surface area contributed by atoms with E-state index in [9.17, 15) is 14.4 Å². The number of ether oxygens (including phenoxy) is 2. The molecule has 0 aliphatic carbocycles. The molecule has 0 saturated carbocycles. The van der Waals surface area contributed by atoms with E-state index >= 15 is 0 Å². The third-order valence-corrected chi connectivity index (χ3v) is 4.59. The molecule has 3 amide bonds. The number of carbonyl (C=O) groups excluding carboxylic acids is 3. The number of amides is 3. The predicted molar refractivity (Wildman–Crippen MR) is 95.8 cm³/mol. The molecule has 26 heavy (non-hydrogen) atoms. The highest BCUT2D eigenvalue weighted by Crippen LogP contribution is 2.22. The lowest BCUT2D eigenvalue weighted by molar-refractivity contribution is -0.128. The first-order valence-corrected chi connectivity index (χ1v) is 9.29. The van der Waals surface area contributed by atoms with Gasteiger partial charge in [0.25, 0.3) is 0 Å². The zero-order valence-electron chi connectivity index (χ0n) is 16.2. The molecule has 0 bridgehead atoms. The molecule has 8 nitrogen and oxygen atoms in total. The minimum Gasteiger partial charge on any atom is -0.378 e. The topological polar surface area (TPSA) is 97.0 Å². The van der Waals surface area contributed by atoms with Crippen LogP contribution in [0.1, 0.15) is 40.5 Å². The molecule has 2 aliphatic rings. The fourth-order valence-corrected chi connectivity index (χ4v) is 3.19. The second-order valence-electron chi connectivity index (χ2n) is 8.08. The van der Waals surface area contributed by atoms with E-state index in [2.05, 4.69) is 10.6 Å². The summed E-state index contributed by atoms with van der Waals surface area (Å²) in [5.41, 5.74) is -0.166. The van der Waals surface area contributed by atoms with Gasteiger partial charge in [-0.3, -0.25) is 9.59 Å². The van der Waals surface area contributed by atoms with Gasteiger partial charge in [0, 0.05) is 13.1 Å². The number of nitrogens with zero attached hydrogens (tertiary/aromatic N) is 1. The molecule has 2 N–H and O–H groups in total. The molecule has 3 atom stereocenters. The van der Waals surface area contributed by atoms with Crippen molar-refractivity contribution in [2.75, 3.05) is 32.9 Å². The number of hydrogen-bond acceptors (Lipinski definition) is 5. The Hall–Kier alpha value is -1.67. The molecule has 0 aromatic heterocycles. The maximum Gasteiger partial charge on any atom is 0.318 e. The first-order valence-electron chi connectivity index (χ1n) is 9.29. The highest BCUT2D eigenvalue weighted by atomic mass is 16.5. The summed E-state index contributed by atoms with van der Waals surface area (Å²) in [6.45, 7) is 9.95. The number of nitrogens with one attached hydrogen (secondary N) is 2. The zero-order chi connectivity index (χ0) is 19.3. The lowest BCUT2D eigenvalue weighted by Crippen LogP contribution is -2.57. The summed E-state index contributed by atoms with van der Waals surface area (Å²) in [6.07, 6.45) is 0.797. The molecule has 0 spiro atoms. The summed E-state index contributed by atoms with van der Waals surface area (Å²) in [6, 6.07) is -1.63. The van der Waals surface area contributed by atoms with Gasteiger partial charge in [0.15, 0.2) is 5.78 Å². The number of carbonyl (C=O) groups is 3. The second-order valence-corrected chi connectivity index (χ2v) is 8.08. The Kier molecular flexibility index (Phi) is 7.00. The normalized spacial score (nSPS) is 25.1. The predicted octanol–water partition coefficient (Wildman–Crippen LogP) is 0.696. The third-order valence-electron chi connectivity index (χ3n) is 4.59. The van der Waals surface area contributed by atoms with Gasteiger partial charge in [-0.05, 0) is 18.3 Å². The first-order chi connectivity index (χ1) is 12.2. The fraction of sp³-hybridized carbons (Fsp3) is 0.833. The van der Waals surface area contributed by atoms with Crippen LogP contribution in [0.3, 0.4) is 0 Å². The second kappa shape index (κ2) is 8.81. The molecule has 1 unspecified atom stereocenters. The first kappa shape index (κ1) is 20.6. The molecule has 2 aliphatic heterocycles. The largest absolute Gasteiger partial charge is 0.378 e. The maximum absolute atomic E-state index is 12.8. The summed E-state index contributed by atoms with van der Waals surface area (Å²) < 4.78 is 10.7. The molecule has 0 aromatic carbocycles. The van der Waals surface area contributed by atoms with E-state index in [1.54, 1.807) is 4.90 Å². The Morgan fingerprint density at radius 2 is 1.92 bits per heavy atom. The van der Waals surface area contributed by atoms with Crippen LogP contribution in [0.15, 0.2) is 0 Å². The number of ketones is 1. The molecule has 8 heteroatoms. The van der Waals surface area contributed by atoms with Crippen LogP contribution in [-0.2, 0) is 19.1 Å². The number of morpholine rings is 1. The van der Waals surface area contributed by atoms with Gasteiger partial charge in [-0.1, -0.05) is 27.7 Å². The van der Waals surface area contributed by atoms with Crippen molar-refractivity contribution in [3.8, 4) is 0 Å². The molecule has 0 aromatic rings. The summed E-state index contributed by atoms with van der Waals surface area (Å²) in [5.74, 6) is -0.469. The summed E-state index contributed by atoms with van der Waals surface area (Å²) in [4.78, 5) is 39.0. The van der Waals surface area contributed by atoms with Gasteiger partial charge in [-0.15, -0.1) is 0 Å². The Morgan fingerprint density at radius 1 is 1.27 bits per heavy atom. The van der Waals surface area contributed by atoms with E-state index in [4.69, 9.17) is 9.47 Å². The highest BCUT2D eigenvalue weighted by molar-refractivity contribution is 5.94. The van der Waals surface area contributed by atoms with Crippen molar-refractivity contribution in [1.29, 1.82) is 0 Å². The van der Waals surface area contributed by atoms with Crippen molar-refractivity contribution in [1.82, 2.24) is 15.5 Å². The lowest BCUT2D eigenvalue weighted by Gasteiger charge is -2.32. The van der Waals surface area contributed by atoms with Gasteiger partial charge in [0.05, 0.1) is 19.3 Å². The van der Waals surface area contributed by atoms with E-state index in [1.807, 2.05) is 27.7 Å². The van der Waals surface area contributed by atoms with E-state index in [0.717, 1.165) is 0 Å². The van der Waals surface area contributed by atoms with Crippen molar-refractivity contribution < 1.29 is 23.9 Å². The van der Waals surface area contributed by atoms with Gasteiger partial charge in [-0.25, -0.2) is 4.79 Å². The fourth-order valence-electron chi connectivity index (χ4n) is 3.19. The van der Waals surface area contributed by atoms with Crippen LogP contribution >= 0.6 is 0 Å². The van der Waals surface area contributed by atoms with Gasteiger partial charge in [-0.2, -0.15) is 0 Å². The number of rotatable bonds is 5. The van der Waals surface area contributed by atoms with E-state index in [-0.39, 0.29) is 35.8 Å². The Labute approximate surface area is 155 Å². The highest BCUT2D eigenvalue weighted by Gasteiger charge is 2.38. The van der Waals surface area contributed by atoms with E-state index < -0.39 is 12.1 Å². The van der Waals surface area contributed by atoms with Gasteiger partial charge >= 0.3 is 6.03 Å². The van der Waals surface area contributed by atoms with Crippen LogP contribution in [0, 0.1) is 5.41 Å². The van der Waals surface area contributed by atoms with Crippen LogP contribution in [0.5, 0.6) is 0 Å². The van der Waals surface area contributed by atoms with Crippen LogP contribution in [0.4, 0.5) is 4.79 Å². The van der Waals surface area contributed by atoms with Crippen LogP contribution < -0.4 is 10.6 Å². The molecule has 2 rings (SSSR count). The van der Waals surface area contributed by atoms with Crippen LogP contribution in [0.2, 0.25) is 0 Å². The average molecular weight is 369 g/mol. The minimum absolute atomic E-state index is 0.0214. The molecular weight excluding hydrogens is 338 g/mol. The molecule has 148 valence electrons. The number of urea groups is 1. The van der Waals surface area contributed by atoms with E-state index in [1.165, 1.54) is 0 Å². The Morgan fingerprint density at radius 3 is 2.50 bits per heavy atom. The van der Waals surface area contributed by atoms with Gasteiger partial charge in [0.2, 0.25) is 5.91 Å². The lowest BCUT2D eigenvalue weighted by atomic mass is 9.87. The molecule has 0 radical (unpaired) electrons. The van der Waals surface area contributed by atoms with Crippen LogP contribution in [0.25, 0.3) is 0 Å². The van der Waals surface area contributed by atoms with E-state index in [0.29, 0.717) is 39.1 Å². The zero-order valence-corrected chi connectivity index (χ0v) is 16.2. The molecule has 2 saturated heterocycles. The number of Topliss-reactive ketones (excluding diaryl/α,β-unsaturated/α-hetero) is 1. The van der Waals surface area contributed by atoms with Crippen molar-refractivity contribution >= 4 is 17.7 Å². The Balaban J connectivity index is 2.04. The monoisotopic (exact) mass is 369 g/mol. The standard InChI is InChI=1S/C18H31N3O5/c1-5-14-15(13(22)11-26-14)20-16(23)12(10-18(2,3)4)19-17(24)21-6-8-25-9-7-21/h12,14-15H,5-11H2,1-4H3,(H,19,24)(H,20,23)/t12-,14?,15+/m0/s1. The molecule has 2 heterocycles. The van der Waals surface area contributed by atoms with Gasteiger partial charge in [0.1, 0.15) is 18.7 Å². The smallest absolute Gasteiger partial charge is 0.318 e. The summed E-state index contributed by atoms with van der Waals surface area (Å²) in [7, 11) is 0. The van der Waals surface area contributed by atoms with Crippen LogP contribution in [-0.4, -0.2) is 73.7 Å². The average Bonchev–Trinajstić information content (AvgIpc) is 2.93. The van der Waals surface area contributed by atoms with Crippen molar-refractivity contribution in [3.63, 3.8) is 0 Å². The van der Waals surface area contributed by atoms with Crippen molar-refractivity contribution in [2.24, 2.45) is 5.41 Å². The maximum atomic E-state index is 12.8. The van der Waals surface area contributed by atoms with Gasteiger partial charge < -0.3 is 25.0 Å². The SMILES string of the molecule is CCC1OCC(=O)[C@H]1NC(=O)[C@H](CC(C)(C)C)NC(=O)N1CCOCC1. The van der Waals surface area contributed by atoms with Crippen molar-refractivity contribution in [2.45, 2.75) is 58.7 Å². The quantitative estimate of drug-likeness (QED) is 0.743. The van der Waals surface area contributed by atoms with Crippen molar-refractivity contribution in [3.05, 3.63) is 0 Å². The number of hydrogen-bond donors (Lipinski definition) is 2. The molecule has 2 fully saturated rings. The molecular formula is C18H31N3O5. The third kappa shape index (κ3) is 5.67. The minimum atomic E-state index is -0.712. The summed E-state index contributed by atoms with van der Waals surface area (Å²) >= 11 is 0. The summed E-state index contributed by atoms with van der Waals surface area (Å²) in [5, 5.41) is 5.62.